The van der Waals surface area contributed by atoms with Crippen molar-refractivity contribution < 1.29 is 14.7 Å². The zero-order valence-electron chi connectivity index (χ0n) is 28.7. The number of carbonyl (C=O) groups is 2. The number of unbranched alkanes of at least 4 members (excludes halogenated alkanes) is 27. The van der Waals surface area contributed by atoms with Gasteiger partial charge in [0.2, 0.25) is 5.91 Å². The van der Waals surface area contributed by atoms with E-state index in [1.165, 1.54) is 161 Å². The van der Waals surface area contributed by atoms with Gasteiger partial charge in [-0.15, -0.1) is 0 Å². The minimum Gasteiger partial charge on any atom is -0.395 e. The smallest absolute Gasteiger partial charge is 0.230 e. The molecule has 0 aromatic heterocycles. The minimum atomic E-state index is -0.527. The maximum atomic E-state index is 12.9. The third-order valence-electron chi connectivity index (χ3n) is 8.99. The first-order chi connectivity index (χ1) is 20.7. The molecule has 0 aromatic rings. The van der Waals surface area contributed by atoms with Crippen molar-refractivity contribution in [1.82, 2.24) is 5.32 Å². The number of Topliss-reactive ketones (excluding diaryl/α,β-unsaturated/α-hetero) is 1. The fourth-order valence-corrected chi connectivity index (χ4v) is 6.13. The Labute approximate surface area is 263 Å². The lowest BCUT2D eigenvalue weighted by atomic mass is 9.92. The largest absolute Gasteiger partial charge is 0.395 e. The van der Waals surface area contributed by atoms with Crippen molar-refractivity contribution in [3.8, 4) is 0 Å². The van der Waals surface area contributed by atoms with Gasteiger partial charge in [-0.25, -0.2) is 0 Å². The summed E-state index contributed by atoms with van der Waals surface area (Å²) in [6.45, 7) is 4.71. The third-order valence-corrected chi connectivity index (χ3v) is 8.99. The Morgan fingerprint density at radius 2 is 0.786 bits per heavy atom. The van der Waals surface area contributed by atoms with Crippen LogP contribution in [0.3, 0.4) is 0 Å². The maximum absolute atomic E-state index is 12.9. The quantitative estimate of drug-likeness (QED) is 0.0567. The van der Waals surface area contributed by atoms with Crippen LogP contribution in [0.5, 0.6) is 0 Å². The Balaban J connectivity index is 3.83. The van der Waals surface area contributed by atoms with Gasteiger partial charge in [0, 0.05) is 13.0 Å². The molecule has 0 fully saturated rings. The van der Waals surface area contributed by atoms with E-state index >= 15 is 0 Å². The molecule has 0 radical (unpaired) electrons. The molecule has 0 spiro atoms. The van der Waals surface area contributed by atoms with E-state index < -0.39 is 5.92 Å². The molecule has 0 aliphatic rings. The van der Waals surface area contributed by atoms with Gasteiger partial charge in [-0.3, -0.25) is 9.59 Å². The molecule has 250 valence electrons. The summed E-state index contributed by atoms with van der Waals surface area (Å²) in [4.78, 5) is 25.5. The molecule has 1 unspecified atom stereocenters. The number of hydrogen-bond acceptors (Lipinski definition) is 3. The van der Waals surface area contributed by atoms with Gasteiger partial charge in [-0.2, -0.15) is 0 Å². The van der Waals surface area contributed by atoms with Crippen molar-refractivity contribution in [2.24, 2.45) is 5.92 Å². The molecule has 42 heavy (non-hydrogen) atoms. The Kier molecular flexibility index (Phi) is 33.8. The zero-order chi connectivity index (χ0) is 30.8. The number of aliphatic hydroxyl groups is 1. The van der Waals surface area contributed by atoms with Gasteiger partial charge in [0.05, 0.1) is 12.5 Å². The van der Waals surface area contributed by atoms with Crippen molar-refractivity contribution in [2.75, 3.05) is 13.2 Å². The topological polar surface area (TPSA) is 66.4 Å². The molecule has 0 saturated heterocycles. The van der Waals surface area contributed by atoms with E-state index in [1.807, 2.05) is 0 Å². The Hall–Kier alpha value is -0.900. The van der Waals surface area contributed by atoms with Gasteiger partial charge < -0.3 is 10.4 Å². The summed E-state index contributed by atoms with van der Waals surface area (Å²) in [5.41, 5.74) is 0. The van der Waals surface area contributed by atoms with Crippen molar-refractivity contribution in [3.63, 3.8) is 0 Å². The number of hydrogen-bond donors (Lipinski definition) is 2. The number of carbonyl (C=O) groups excluding carboxylic acids is 2. The highest BCUT2D eigenvalue weighted by Gasteiger charge is 2.25. The van der Waals surface area contributed by atoms with Crippen LogP contribution in [0.2, 0.25) is 0 Å². The second-order valence-corrected chi connectivity index (χ2v) is 13.1. The highest BCUT2D eigenvalue weighted by Crippen LogP contribution is 2.19. The molecule has 0 aliphatic carbocycles. The monoisotopic (exact) mass is 594 g/mol. The summed E-state index contributed by atoms with van der Waals surface area (Å²) in [7, 11) is 0. The molecule has 1 atom stereocenters. The Morgan fingerprint density at radius 3 is 1.12 bits per heavy atom. The fraction of sp³-hybridized carbons (Fsp3) is 0.947. The average molecular weight is 594 g/mol. The number of aliphatic hydroxyl groups excluding tert-OH is 1. The summed E-state index contributed by atoms with van der Waals surface area (Å²) >= 11 is 0. The van der Waals surface area contributed by atoms with Crippen LogP contribution in [-0.2, 0) is 9.59 Å². The second-order valence-electron chi connectivity index (χ2n) is 13.1. The average Bonchev–Trinajstić information content (AvgIpc) is 2.99. The van der Waals surface area contributed by atoms with E-state index in [-0.39, 0.29) is 24.8 Å². The molecule has 4 heteroatoms. The van der Waals surface area contributed by atoms with Crippen LogP contribution in [0.4, 0.5) is 0 Å². The van der Waals surface area contributed by atoms with Gasteiger partial charge in [0.25, 0.3) is 0 Å². The van der Waals surface area contributed by atoms with Crippen LogP contribution < -0.4 is 5.32 Å². The summed E-state index contributed by atoms with van der Waals surface area (Å²) in [6.07, 6.45) is 39.2. The number of rotatable bonds is 35. The molecule has 0 heterocycles. The van der Waals surface area contributed by atoms with Crippen molar-refractivity contribution in [1.29, 1.82) is 0 Å². The van der Waals surface area contributed by atoms with Crippen LogP contribution in [0.15, 0.2) is 0 Å². The predicted octanol–water partition coefficient (Wildman–Crippen LogP) is 11.4. The fourth-order valence-electron chi connectivity index (χ4n) is 6.13. The lowest BCUT2D eigenvalue weighted by Crippen LogP contribution is -2.36. The van der Waals surface area contributed by atoms with Gasteiger partial charge >= 0.3 is 0 Å². The Morgan fingerprint density at radius 1 is 0.476 bits per heavy atom. The lowest BCUT2D eigenvalue weighted by Gasteiger charge is -2.15. The SMILES string of the molecule is CCCCCCCCCCCCCCCCCCC(C(=O)CCCCCCCCCCCCCCC)C(=O)NCCO. The highest BCUT2D eigenvalue weighted by molar-refractivity contribution is 6.01. The van der Waals surface area contributed by atoms with Crippen LogP contribution in [0.1, 0.15) is 213 Å². The summed E-state index contributed by atoms with van der Waals surface area (Å²) in [5.74, 6) is -0.598. The van der Waals surface area contributed by atoms with E-state index in [0.717, 1.165) is 25.7 Å². The van der Waals surface area contributed by atoms with E-state index in [1.54, 1.807) is 0 Å². The first-order valence-corrected chi connectivity index (χ1v) is 19.1. The first kappa shape index (κ1) is 41.1. The third kappa shape index (κ3) is 29.2. The molecule has 1 amide bonds. The molecule has 4 nitrogen and oxygen atoms in total. The highest BCUT2D eigenvalue weighted by atomic mass is 16.3. The van der Waals surface area contributed by atoms with Crippen molar-refractivity contribution in [3.05, 3.63) is 0 Å². The minimum absolute atomic E-state index is 0.0788. The maximum Gasteiger partial charge on any atom is 0.230 e. The molecule has 0 saturated carbocycles. The van der Waals surface area contributed by atoms with Gasteiger partial charge in [0.15, 0.2) is 0 Å². The summed E-state index contributed by atoms with van der Waals surface area (Å²) < 4.78 is 0. The van der Waals surface area contributed by atoms with Gasteiger partial charge in [-0.05, 0) is 12.8 Å². The first-order valence-electron chi connectivity index (χ1n) is 19.1. The van der Waals surface area contributed by atoms with Gasteiger partial charge in [0.1, 0.15) is 5.78 Å². The Bertz CT molecular complexity index is 565. The van der Waals surface area contributed by atoms with Gasteiger partial charge in [-0.1, -0.05) is 194 Å². The van der Waals surface area contributed by atoms with Crippen LogP contribution in [0, 0.1) is 5.92 Å². The molecular formula is C38H75NO3. The molecule has 0 aromatic carbocycles. The summed E-state index contributed by atoms with van der Waals surface area (Å²) in [5, 5.41) is 11.9. The van der Waals surface area contributed by atoms with Crippen LogP contribution in [0.25, 0.3) is 0 Å². The lowest BCUT2D eigenvalue weighted by molar-refractivity contribution is -0.134. The van der Waals surface area contributed by atoms with Crippen molar-refractivity contribution in [2.45, 2.75) is 213 Å². The molecule has 0 rings (SSSR count). The standard InChI is InChI=1S/C38H75NO3/c1-3-5-7-9-11-13-15-17-18-19-21-22-24-26-28-30-32-36(38(42)39-34-35-40)37(41)33-31-29-27-25-23-20-16-14-12-10-8-6-4-2/h36,40H,3-35H2,1-2H3,(H,39,42). The zero-order valence-corrected chi connectivity index (χ0v) is 28.7. The normalized spacial score (nSPS) is 12.1. The summed E-state index contributed by atoms with van der Waals surface area (Å²) in [6, 6.07) is 0. The van der Waals surface area contributed by atoms with E-state index in [0.29, 0.717) is 12.8 Å². The van der Waals surface area contributed by atoms with E-state index in [2.05, 4.69) is 19.2 Å². The number of amides is 1. The van der Waals surface area contributed by atoms with Crippen LogP contribution in [-0.4, -0.2) is 29.9 Å². The molecule has 0 bridgehead atoms. The number of ketones is 1. The van der Waals surface area contributed by atoms with E-state index in [4.69, 9.17) is 5.11 Å². The van der Waals surface area contributed by atoms with Crippen LogP contribution >= 0.6 is 0 Å². The molecular weight excluding hydrogens is 518 g/mol. The number of nitrogens with one attached hydrogen (secondary N) is 1. The predicted molar refractivity (Wildman–Crippen MR) is 183 cm³/mol. The van der Waals surface area contributed by atoms with E-state index in [9.17, 15) is 9.59 Å². The molecule has 2 N–H and O–H groups in total. The van der Waals surface area contributed by atoms with Crippen molar-refractivity contribution >= 4 is 11.7 Å². The second kappa shape index (κ2) is 34.6. The molecule has 0 aliphatic heterocycles.